The molecule has 1 atom stereocenters. The number of hydrogen-bond acceptors (Lipinski definition) is 2. The number of ether oxygens (including phenoxy) is 1. The third-order valence-corrected chi connectivity index (χ3v) is 1.94. The van der Waals surface area contributed by atoms with Crippen LogP contribution in [0.5, 0.6) is 0 Å². The highest BCUT2D eigenvalue weighted by Crippen LogP contribution is 2.41. The molecule has 0 bridgehead atoms. The van der Waals surface area contributed by atoms with E-state index in [1.807, 2.05) is 0 Å². The van der Waals surface area contributed by atoms with Crippen LogP contribution in [0.15, 0.2) is 12.7 Å². The van der Waals surface area contributed by atoms with Crippen molar-refractivity contribution in [2.45, 2.75) is 32.3 Å². The van der Waals surface area contributed by atoms with Crippen molar-refractivity contribution in [2.24, 2.45) is 5.41 Å². The summed E-state index contributed by atoms with van der Waals surface area (Å²) in [6.45, 7) is 5.19. The Bertz CT molecular complexity index is 309. The topological polar surface area (TPSA) is 26.3 Å². The van der Waals surface area contributed by atoms with Gasteiger partial charge < -0.3 is 4.74 Å². The zero-order valence-corrected chi connectivity index (χ0v) is 8.95. The van der Waals surface area contributed by atoms with Gasteiger partial charge in [-0.1, -0.05) is 6.08 Å². The van der Waals surface area contributed by atoms with Crippen molar-refractivity contribution >= 4 is 5.97 Å². The van der Waals surface area contributed by atoms with Gasteiger partial charge in [-0.3, -0.25) is 4.79 Å². The molecule has 0 radical (unpaired) electrons. The van der Waals surface area contributed by atoms with Gasteiger partial charge in [-0.15, -0.1) is 6.58 Å². The van der Waals surface area contributed by atoms with Crippen LogP contribution in [0.2, 0.25) is 0 Å². The van der Waals surface area contributed by atoms with E-state index >= 15 is 0 Å². The quantitative estimate of drug-likeness (QED) is 0.442. The van der Waals surface area contributed by atoms with Crippen molar-refractivity contribution in [3.63, 3.8) is 0 Å². The van der Waals surface area contributed by atoms with Crippen LogP contribution < -0.4 is 0 Å². The van der Waals surface area contributed by atoms with Crippen LogP contribution in [0.1, 0.15) is 13.8 Å². The van der Waals surface area contributed by atoms with Gasteiger partial charge in [0.15, 0.2) is 0 Å². The third kappa shape index (κ3) is 3.13. The van der Waals surface area contributed by atoms with Crippen molar-refractivity contribution < 1.29 is 35.9 Å². The lowest BCUT2D eigenvalue weighted by molar-refractivity contribution is -0.357. The van der Waals surface area contributed by atoms with Crippen molar-refractivity contribution in [2.75, 3.05) is 0 Å². The number of carbonyl (C=O) groups excluding carboxylic acids is 1. The van der Waals surface area contributed by atoms with E-state index in [1.165, 1.54) is 0 Å². The first-order valence-corrected chi connectivity index (χ1v) is 4.29. The molecular weight excluding hydrogens is 254 g/mol. The summed E-state index contributed by atoms with van der Waals surface area (Å²) in [6, 6.07) is 0. The normalized spacial score (nSPS) is 16.5. The van der Waals surface area contributed by atoms with Crippen LogP contribution in [0.4, 0.5) is 26.3 Å². The number of carbonyl (C=O) groups is 1. The minimum absolute atomic E-state index is 0.859. The smallest absolute Gasteiger partial charge is 0.414 e. The molecule has 0 aliphatic heterocycles. The zero-order chi connectivity index (χ0) is 14.1. The molecule has 1 unspecified atom stereocenters. The van der Waals surface area contributed by atoms with Gasteiger partial charge >= 0.3 is 24.4 Å². The van der Waals surface area contributed by atoms with Crippen LogP contribution in [-0.2, 0) is 9.53 Å². The fraction of sp³-hybridized carbons (Fsp3) is 0.667. The van der Waals surface area contributed by atoms with Crippen LogP contribution in [-0.4, -0.2) is 24.4 Å². The molecule has 0 aliphatic rings. The monoisotopic (exact) mass is 264 g/mol. The first-order chi connectivity index (χ1) is 7.38. The van der Waals surface area contributed by atoms with Gasteiger partial charge in [0.2, 0.25) is 0 Å². The molecule has 0 heterocycles. The highest BCUT2D eigenvalue weighted by Gasteiger charge is 2.67. The number of rotatable bonds is 4. The van der Waals surface area contributed by atoms with Gasteiger partial charge in [0.25, 0.3) is 0 Å². The Morgan fingerprint density at radius 3 is 1.88 bits per heavy atom. The number of halogens is 6. The molecule has 0 saturated carbocycles. The first-order valence-electron chi connectivity index (χ1n) is 4.29. The molecule has 17 heavy (non-hydrogen) atoms. The maximum Gasteiger partial charge on any atom is 0.466 e. The number of hydrogen-bond donors (Lipinski definition) is 0. The second-order valence-corrected chi connectivity index (χ2v) is 3.76. The van der Waals surface area contributed by atoms with Gasteiger partial charge in [-0.2, -0.15) is 17.6 Å². The lowest BCUT2D eigenvalue weighted by Gasteiger charge is -2.29. The Morgan fingerprint density at radius 2 is 1.65 bits per heavy atom. The molecule has 0 fully saturated rings. The minimum Gasteiger partial charge on any atom is -0.414 e. The maximum atomic E-state index is 13.0. The molecule has 0 spiro atoms. The fourth-order valence-electron chi connectivity index (χ4n) is 0.576. The fourth-order valence-corrected chi connectivity index (χ4v) is 0.576. The highest BCUT2D eigenvalue weighted by atomic mass is 19.4. The zero-order valence-electron chi connectivity index (χ0n) is 8.95. The SMILES string of the molecule is C=CC(C)(C)C(=O)OC(F)(C(F)F)C(F)(F)F. The maximum absolute atomic E-state index is 13.0. The van der Waals surface area contributed by atoms with Crippen molar-refractivity contribution in [3.8, 4) is 0 Å². The predicted octanol–water partition coefficient (Wildman–Crippen LogP) is 3.24. The molecule has 0 saturated heterocycles. The van der Waals surface area contributed by atoms with E-state index in [2.05, 4.69) is 11.3 Å². The molecule has 0 rings (SSSR count). The second kappa shape index (κ2) is 4.58. The van der Waals surface area contributed by atoms with Crippen molar-refractivity contribution in [3.05, 3.63) is 12.7 Å². The first kappa shape index (κ1) is 15.8. The van der Waals surface area contributed by atoms with E-state index in [4.69, 9.17) is 0 Å². The number of esters is 1. The molecule has 0 amide bonds. The van der Waals surface area contributed by atoms with Gasteiger partial charge in [-0.25, -0.2) is 8.78 Å². The van der Waals surface area contributed by atoms with Crippen LogP contribution in [0.25, 0.3) is 0 Å². The summed E-state index contributed by atoms with van der Waals surface area (Å²) in [6.07, 6.45) is -9.70. The standard InChI is InChI=1S/C9H10F6O2/c1-4-7(2,3)6(16)17-8(12,5(10)11)9(13,14)15/h4-5H,1H2,2-3H3. The molecule has 0 aromatic carbocycles. The molecule has 0 N–H and O–H groups in total. The lowest BCUT2D eigenvalue weighted by atomic mass is 9.94. The Hall–Kier alpha value is -1.21. The Morgan fingerprint density at radius 1 is 1.24 bits per heavy atom. The molecule has 100 valence electrons. The molecule has 0 aromatic heterocycles. The third-order valence-electron chi connectivity index (χ3n) is 1.94. The summed E-state index contributed by atoms with van der Waals surface area (Å²) in [5.41, 5.74) is -1.71. The molecule has 0 aromatic rings. The Labute approximate surface area is 93.2 Å². The Balaban J connectivity index is 5.19. The summed E-state index contributed by atoms with van der Waals surface area (Å²) >= 11 is 0. The lowest BCUT2D eigenvalue weighted by Crippen LogP contribution is -2.52. The molecule has 8 heteroatoms. The van der Waals surface area contributed by atoms with E-state index in [0.29, 0.717) is 0 Å². The van der Waals surface area contributed by atoms with Crippen LogP contribution >= 0.6 is 0 Å². The van der Waals surface area contributed by atoms with E-state index in [1.54, 1.807) is 0 Å². The predicted molar refractivity (Wildman–Crippen MR) is 46.0 cm³/mol. The van der Waals surface area contributed by atoms with Gasteiger partial charge in [0, 0.05) is 0 Å². The highest BCUT2D eigenvalue weighted by molar-refractivity contribution is 5.78. The second-order valence-electron chi connectivity index (χ2n) is 3.76. The van der Waals surface area contributed by atoms with E-state index in [0.717, 1.165) is 19.9 Å². The van der Waals surface area contributed by atoms with E-state index in [-0.39, 0.29) is 0 Å². The summed E-state index contributed by atoms with van der Waals surface area (Å²) in [4.78, 5) is 11.1. The van der Waals surface area contributed by atoms with Gasteiger partial charge in [0.05, 0.1) is 5.41 Å². The van der Waals surface area contributed by atoms with Gasteiger partial charge in [-0.05, 0) is 13.8 Å². The number of alkyl halides is 6. The molecular formula is C9H10F6O2. The average molecular weight is 264 g/mol. The van der Waals surface area contributed by atoms with E-state index in [9.17, 15) is 31.1 Å². The largest absolute Gasteiger partial charge is 0.466 e. The van der Waals surface area contributed by atoms with Crippen molar-refractivity contribution in [1.29, 1.82) is 0 Å². The van der Waals surface area contributed by atoms with E-state index < -0.39 is 29.8 Å². The summed E-state index contributed by atoms with van der Waals surface area (Å²) in [5, 5.41) is 0. The van der Waals surface area contributed by atoms with Crippen LogP contribution in [0, 0.1) is 5.41 Å². The summed E-state index contributed by atoms with van der Waals surface area (Å²) in [7, 11) is 0. The molecule has 0 aliphatic carbocycles. The van der Waals surface area contributed by atoms with Crippen molar-refractivity contribution in [1.82, 2.24) is 0 Å². The summed E-state index contributed by atoms with van der Waals surface area (Å²) < 4.78 is 76.5. The summed E-state index contributed by atoms with van der Waals surface area (Å²) in [5.74, 6) is -7.10. The molecule has 2 nitrogen and oxygen atoms in total. The average Bonchev–Trinajstić information content (AvgIpc) is 2.15. The van der Waals surface area contributed by atoms with Gasteiger partial charge in [0.1, 0.15) is 0 Å². The van der Waals surface area contributed by atoms with Crippen LogP contribution in [0.3, 0.4) is 0 Å². The Kier molecular flexibility index (Phi) is 4.25. The minimum atomic E-state index is -6.02.